The lowest BCUT2D eigenvalue weighted by atomic mass is 10.1. The molecule has 0 bridgehead atoms. The Morgan fingerprint density at radius 2 is 2.26 bits per heavy atom. The fourth-order valence-electron chi connectivity index (χ4n) is 2.56. The molecule has 2 heterocycles. The van der Waals surface area contributed by atoms with E-state index < -0.39 is 5.97 Å². The molecule has 1 N–H and O–H groups in total. The largest absolute Gasteiger partial charge is 0.481 e. The van der Waals surface area contributed by atoms with E-state index in [4.69, 9.17) is 9.84 Å². The van der Waals surface area contributed by atoms with Gasteiger partial charge in [-0.3, -0.25) is 9.36 Å². The van der Waals surface area contributed by atoms with E-state index in [1.165, 1.54) is 0 Å². The molecule has 19 heavy (non-hydrogen) atoms. The molecule has 0 spiro atoms. The molecule has 104 valence electrons. The van der Waals surface area contributed by atoms with Gasteiger partial charge in [-0.15, -0.1) is 0 Å². The monoisotopic (exact) mass is 266 g/mol. The zero-order valence-electron chi connectivity index (χ0n) is 11.2. The molecule has 0 amide bonds. The van der Waals surface area contributed by atoms with Crippen molar-refractivity contribution >= 4 is 5.97 Å². The van der Waals surface area contributed by atoms with Crippen LogP contribution in [0.4, 0.5) is 0 Å². The number of hydrogen-bond donors (Lipinski definition) is 1. The van der Waals surface area contributed by atoms with Gasteiger partial charge in [0.2, 0.25) is 0 Å². The van der Waals surface area contributed by atoms with Crippen LogP contribution in [0, 0.1) is 13.8 Å². The van der Waals surface area contributed by atoms with Crippen molar-refractivity contribution in [2.75, 3.05) is 13.2 Å². The number of carbonyl (C=O) groups is 1. The third kappa shape index (κ3) is 2.84. The molecule has 0 aliphatic carbocycles. The predicted molar refractivity (Wildman–Crippen MR) is 68.4 cm³/mol. The minimum Gasteiger partial charge on any atom is -0.481 e. The third-order valence-electron chi connectivity index (χ3n) is 3.56. The van der Waals surface area contributed by atoms with E-state index in [0.29, 0.717) is 25.3 Å². The van der Waals surface area contributed by atoms with Gasteiger partial charge in [0.1, 0.15) is 0 Å². The van der Waals surface area contributed by atoms with Crippen molar-refractivity contribution in [3.8, 4) is 0 Å². The van der Waals surface area contributed by atoms with E-state index in [-0.39, 0.29) is 18.2 Å². The molecule has 1 atom stereocenters. The number of hydrogen-bond acceptors (Lipinski definition) is 4. The first-order chi connectivity index (χ1) is 9.00. The molecule has 0 saturated carbocycles. The van der Waals surface area contributed by atoms with Crippen molar-refractivity contribution in [1.82, 2.24) is 9.55 Å². The first-order valence-electron chi connectivity index (χ1n) is 6.39. The number of carboxylic acids is 1. The smallest absolute Gasteiger partial charge is 0.348 e. The Hall–Kier alpha value is -1.69. The van der Waals surface area contributed by atoms with E-state index in [0.717, 1.165) is 17.7 Å². The van der Waals surface area contributed by atoms with Crippen molar-refractivity contribution < 1.29 is 14.6 Å². The summed E-state index contributed by atoms with van der Waals surface area (Å²) in [5.74, 6) is -0.847. The Kier molecular flexibility index (Phi) is 3.99. The number of carboxylic acid groups (broad SMARTS) is 1. The highest BCUT2D eigenvalue weighted by molar-refractivity contribution is 5.67. The van der Waals surface area contributed by atoms with Crippen molar-refractivity contribution in [3.05, 3.63) is 27.4 Å². The molecule has 1 fully saturated rings. The van der Waals surface area contributed by atoms with Crippen LogP contribution in [0.1, 0.15) is 35.8 Å². The van der Waals surface area contributed by atoms with Crippen LogP contribution in [-0.4, -0.2) is 33.8 Å². The maximum Gasteiger partial charge on any atom is 0.348 e. The van der Waals surface area contributed by atoms with Crippen molar-refractivity contribution in [3.63, 3.8) is 0 Å². The third-order valence-corrected chi connectivity index (χ3v) is 3.56. The SMILES string of the molecule is Cc1nc(=O)n(C2CCOC2)c(C)c1CCC(=O)O. The Balaban J connectivity index is 2.40. The van der Waals surface area contributed by atoms with Crippen molar-refractivity contribution in [1.29, 1.82) is 0 Å². The normalized spacial score (nSPS) is 18.7. The Bertz CT molecular complexity index is 544. The van der Waals surface area contributed by atoms with Crippen LogP contribution in [0.3, 0.4) is 0 Å². The number of aryl methyl sites for hydroxylation is 1. The molecule has 6 heteroatoms. The van der Waals surface area contributed by atoms with Crippen LogP contribution >= 0.6 is 0 Å². The lowest BCUT2D eigenvalue weighted by Gasteiger charge is -2.19. The summed E-state index contributed by atoms with van der Waals surface area (Å²) in [4.78, 5) is 26.7. The molecule has 1 aliphatic heterocycles. The molecular weight excluding hydrogens is 248 g/mol. The van der Waals surface area contributed by atoms with E-state index in [1.54, 1.807) is 11.5 Å². The highest BCUT2D eigenvalue weighted by atomic mass is 16.5. The first-order valence-corrected chi connectivity index (χ1v) is 6.39. The van der Waals surface area contributed by atoms with Crippen molar-refractivity contribution in [2.45, 2.75) is 39.2 Å². The molecule has 2 rings (SSSR count). The van der Waals surface area contributed by atoms with Crippen LogP contribution in [0.15, 0.2) is 4.79 Å². The molecule has 1 saturated heterocycles. The van der Waals surface area contributed by atoms with Crippen LogP contribution in [0.2, 0.25) is 0 Å². The number of ether oxygens (including phenoxy) is 1. The van der Waals surface area contributed by atoms with Crippen molar-refractivity contribution in [2.24, 2.45) is 0 Å². The Morgan fingerprint density at radius 3 is 2.84 bits per heavy atom. The van der Waals surface area contributed by atoms with Gasteiger partial charge in [-0.25, -0.2) is 4.79 Å². The molecule has 1 unspecified atom stereocenters. The van der Waals surface area contributed by atoms with Gasteiger partial charge in [0.15, 0.2) is 0 Å². The molecule has 0 radical (unpaired) electrons. The summed E-state index contributed by atoms with van der Waals surface area (Å²) in [6.45, 7) is 4.77. The van der Waals surface area contributed by atoms with Crippen LogP contribution in [0.5, 0.6) is 0 Å². The predicted octanol–water partition coefficient (Wildman–Crippen LogP) is 0.839. The Labute approximate surface area is 111 Å². The summed E-state index contributed by atoms with van der Waals surface area (Å²) in [6, 6.07) is 0.0178. The van der Waals surface area contributed by atoms with E-state index in [2.05, 4.69) is 4.98 Å². The molecule has 1 aromatic rings. The highest BCUT2D eigenvalue weighted by Crippen LogP contribution is 2.21. The highest BCUT2D eigenvalue weighted by Gasteiger charge is 2.22. The zero-order chi connectivity index (χ0) is 14.0. The summed E-state index contributed by atoms with van der Waals surface area (Å²) in [5, 5.41) is 8.78. The van der Waals surface area contributed by atoms with Gasteiger partial charge in [-0.2, -0.15) is 4.98 Å². The van der Waals surface area contributed by atoms with E-state index in [1.807, 2.05) is 6.92 Å². The topological polar surface area (TPSA) is 81.4 Å². The fourth-order valence-corrected chi connectivity index (χ4v) is 2.56. The van der Waals surface area contributed by atoms with Gasteiger partial charge in [0.25, 0.3) is 0 Å². The van der Waals surface area contributed by atoms with Gasteiger partial charge in [0.05, 0.1) is 12.6 Å². The van der Waals surface area contributed by atoms with Gasteiger partial charge in [-0.05, 0) is 32.3 Å². The maximum atomic E-state index is 12.0. The summed E-state index contributed by atoms with van der Waals surface area (Å²) in [7, 11) is 0. The number of aliphatic carboxylic acids is 1. The molecule has 0 aromatic carbocycles. The quantitative estimate of drug-likeness (QED) is 0.873. The van der Waals surface area contributed by atoms with Crippen LogP contribution in [-0.2, 0) is 16.0 Å². The zero-order valence-corrected chi connectivity index (χ0v) is 11.2. The molecule has 1 aliphatic rings. The van der Waals surface area contributed by atoms with E-state index in [9.17, 15) is 9.59 Å². The fraction of sp³-hybridized carbons (Fsp3) is 0.615. The number of aromatic nitrogens is 2. The minimum absolute atomic E-state index is 0.0178. The number of rotatable bonds is 4. The minimum atomic E-state index is -0.847. The second-order valence-electron chi connectivity index (χ2n) is 4.82. The average Bonchev–Trinajstić information content (AvgIpc) is 2.81. The number of nitrogens with zero attached hydrogens (tertiary/aromatic N) is 2. The van der Waals surface area contributed by atoms with Gasteiger partial charge >= 0.3 is 11.7 Å². The second kappa shape index (κ2) is 5.52. The first kappa shape index (κ1) is 13.7. The lowest BCUT2D eigenvalue weighted by Crippen LogP contribution is -2.31. The van der Waals surface area contributed by atoms with Gasteiger partial charge in [0, 0.05) is 24.4 Å². The maximum absolute atomic E-state index is 12.0. The average molecular weight is 266 g/mol. The summed E-state index contributed by atoms with van der Waals surface area (Å²) < 4.78 is 6.96. The lowest BCUT2D eigenvalue weighted by molar-refractivity contribution is -0.136. The van der Waals surface area contributed by atoms with Gasteiger partial charge < -0.3 is 9.84 Å². The van der Waals surface area contributed by atoms with E-state index >= 15 is 0 Å². The molecule has 1 aromatic heterocycles. The molecule has 6 nitrogen and oxygen atoms in total. The van der Waals surface area contributed by atoms with Crippen LogP contribution in [0.25, 0.3) is 0 Å². The molecular formula is C13H18N2O4. The summed E-state index contributed by atoms with van der Waals surface area (Å²) >= 11 is 0. The Morgan fingerprint density at radius 1 is 1.53 bits per heavy atom. The second-order valence-corrected chi connectivity index (χ2v) is 4.82. The van der Waals surface area contributed by atoms with Crippen LogP contribution < -0.4 is 5.69 Å². The summed E-state index contributed by atoms with van der Waals surface area (Å²) in [6.07, 6.45) is 1.24. The summed E-state index contributed by atoms with van der Waals surface area (Å²) in [5.41, 5.74) is 2.02. The standard InChI is InChI=1S/C13H18N2O4/c1-8-11(3-4-12(16)17)9(2)15(13(18)14-8)10-5-6-19-7-10/h10H,3-7H2,1-2H3,(H,16,17). The van der Waals surface area contributed by atoms with Gasteiger partial charge in [-0.1, -0.05) is 0 Å².